The zero-order valence-electron chi connectivity index (χ0n) is 19.5. The first kappa shape index (κ1) is 23.8. The second kappa shape index (κ2) is 10.7. The van der Waals surface area contributed by atoms with Crippen LogP contribution in [0.25, 0.3) is 0 Å². The van der Waals surface area contributed by atoms with E-state index < -0.39 is 17.8 Å². The van der Waals surface area contributed by atoms with Crippen molar-refractivity contribution in [2.24, 2.45) is 5.10 Å². The van der Waals surface area contributed by atoms with Crippen molar-refractivity contribution in [2.45, 2.75) is 32.9 Å². The van der Waals surface area contributed by atoms with Gasteiger partial charge in [0.25, 0.3) is 5.91 Å². The minimum atomic E-state index is -0.818. The van der Waals surface area contributed by atoms with Gasteiger partial charge < -0.3 is 9.47 Å². The number of nitrogens with zero attached hydrogens (tertiary/aromatic N) is 5. The van der Waals surface area contributed by atoms with Gasteiger partial charge >= 0.3 is 11.9 Å². The molecular weight excluding hydrogens is 450 g/mol. The monoisotopic (exact) mass is 475 g/mol. The van der Waals surface area contributed by atoms with Gasteiger partial charge in [0.2, 0.25) is 5.69 Å². The highest BCUT2D eigenvalue weighted by molar-refractivity contribution is 6.03. The number of hydrogen-bond acceptors (Lipinski definition) is 8. The molecule has 0 fully saturated rings. The third-order valence-corrected chi connectivity index (χ3v) is 5.41. The van der Waals surface area contributed by atoms with Crippen molar-refractivity contribution in [2.75, 3.05) is 13.2 Å². The van der Waals surface area contributed by atoms with Crippen molar-refractivity contribution in [3.8, 4) is 0 Å². The molecule has 0 bridgehead atoms. The lowest BCUT2D eigenvalue weighted by Crippen LogP contribution is -2.32. The van der Waals surface area contributed by atoms with Gasteiger partial charge in [-0.1, -0.05) is 65.9 Å². The Labute approximate surface area is 202 Å². The highest BCUT2D eigenvalue weighted by Gasteiger charge is 2.35. The molecule has 0 N–H and O–H groups in total. The summed E-state index contributed by atoms with van der Waals surface area (Å²) < 4.78 is 11.1. The van der Waals surface area contributed by atoms with Crippen LogP contribution in [0.3, 0.4) is 0 Å². The van der Waals surface area contributed by atoms with Crippen molar-refractivity contribution in [1.82, 2.24) is 20.0 Å². The molecule has 0 saturated heterocycles. The van der Waals surface area contributed by atoms with Gasteiger partial charge in [-0.2, -0.15) is 5.10 Å². The second-order valence-electron chi connectivity index (χ2n) is 7.67. The molecule has 3 aromatic rings. The lowest BCUT2D eigenvalue weighted by atomic mass is 9.98. The first-order chi connectivity index (χ1) is 17.0. The number of rotatable bonds is 8. The molecule has 35 heavy (non-hydrogen) atoms. The Morgan fingerprint density at radius 2 is 1.54 bits per heavy atom. The highest BCUT2D eigenvalue weighted by atomic mass is 16.5. The van der Waals surface area contributed by atoms with Gasteiger partial charge in [0.1, 0.15) is 6.54 Å². The van der Waals surface area contributed by atoms with Gasteiger partial charge in [-0.3, -0.25) is 4.79 Å². The van der Waals surface area contributed by atoms with Crippen molar-refractivity contribution < 1.29 is 23.9 Å². The number of hydrazone groups is 1. The quantitative estimate of drug-likeness (QED) is 0.460. The lowest BCUT2D eigenvalue weighted by Gasteiger charge is -2.22. The maximum Gasteiger partial charge on any atom is 0.361 e. The topological polar surface area (TPSA) is 116 Å². The van der Waals surface area contributed by atoms with Gasteiger partial charge in [-0.05, 0) is 25.0 Å². The largest absolute Gasteiger partial charge is 0.461 e. The first-order valence-corrected chi connectivity index (χ1v) is 11.3. The van der Waals surface area contributed by atoms with Crippen molar-refractivity contribution in [3.63, 3.8) is 0 Å². The number of hydrogen-bond donors (Lipinski definition) is 0. The highest BCUT2D eigenvalue weighted by Crippen LogP contribution is 2.33. The van der Waals surface area contributed by atoms with Crippen LogP contribution in [0.4, 0.5) is 0 Å². The van der Waals surface area contributed by atoms with E-state index in [1.54, 1.807) is 13.8 Å². The summed E-state index contributed by atoms with van der Waals surface area (Å²) in [6, 6.07) is 18.9. The SMILES string of the molecule is CCOC(=O)c1nnn(CC(=O)N2N=C(c3ccccc3)CC2c2ccccc2)c1C(=O)OCC. The normalized spacial score (nSPS) is 15.0. The smallest absolute Gasteiger partial charge is 0.361 e. The van der Waals surface area contributed by atoms with Gasteiger partial charge in [-0.15, -0.1) is 5.10 Å². The van der Waals surface area contributed by atoms with E-state index in [1.165, 1.54) is 5.01 Å². The Morgan fingerprint density at radius 1 is 0.914 bits per heavy atom. The summed E-state index contributed by atoms with van der Waals surface area (Å²) >= 11 is 0. The third kappa shape index (κ3) is 5.11. The van der Waals surface area contributed by atoms with Crippen LogP contribution in [0.15, 0.2) is 65.8 Å². The number of ether oxygens (including phenoxy) is 2. The summed E-state index contributed by atoms with van der Waals surface area (Å²) in [4.78, 5) is 38.4. The van der Waals surface area contributed by atoms with E-state index in [2.05, 4.69) is 15.4 Å². The Kier molecular flexibility index (Phi) is 7.30. The zero-order chi connectivity index (χ0) is 24.8. The molecular formula is C25H25N5O5. The molecule has 2 aromatic carbocycles. The van der Waals surface area contributed by atoms with Gasteiger partial charge in [0.05, 0.1) is 25.0 Å². The fourth-order valence-electron chi connectivity index (χ4n) is 3.84. The van der Waals surface area contributed by atoms with Gasteiger partial charge in [0, 0.05) is 6.42 Å². The number of carbonyl (C=O) groups is 3. The average molecular weight is 476 g/mol. The molecule has 4 rings (SSSR count). The molecule has 0 aliphatic carbocycles. The van der Waals surface area contributed by atoms with Gasteiger partial charge in [-0.25, -0.2) is 19.3 Å². The number of esters is 2. The summed E-state index contributed by atoms with van der Waals surface area (Å²) in [6.07, 6.45) is 0.524. The molecule has 0 spiro atoms. The Bertz CT molecular complexity index is 1240. The molecule has 180 valence electrons. The molecule has 10 heteroatoms. The van der Waals surface area contributed by atoms with E-state index in [1.807, 2.05) is 60.7 Å². The maximum atomic E-state index is 13.5. The lowest BCUT2D eigenvalue weighted by molar-refractivity contribution is -0.133. The van der Waals surface area contributed by atoms with Crippen LogP contribution in [0.1, 0.15) is 58.4 Å². The average Bonchev–Trinajstić information content (AvgIpc) is 3.51. The Hall–Kier alpha value is -4.34. The summed E-state index contributed by atoms with van der Waals surface area (Å²) in [6.45, 7) is 3.07. The third-order valence-electron chi connectivity index (χ3n) is 5.41. The first-order valence-electron chi connectivity index (χ1n) is 11.3. The van der Waals surface area contributed by atoms with Crippen LogP contribution in [0.2, 0.25) is 0 Å². The molecule has 1 aliphatic heterocycles. The minimum Gasteiger partial charge on any atom is -0.461 e. The van der Waals surface area contributed by atoms with E-state index in [0.717, 1.165) is 21.5 Å². The molecule has 1 aromatic heterocycles. The summed E-state index contributed by atoms with van der Waals surface area (Å²) in [5, 5.41) is 13.7. The zero-order valence-corrected chi connectivity index (χ0v) is 19.5. The Morgan fingerprint density at radius 3 is 2.20 bits per heavy atom. The predicted octanol–water partition coefficient (Wildman–Crippen LogP) is 3.01. The van der Waals surface area contributed by atoms with E-state index in [9.17, 15) is 14.4 Å². The fraction of sp³-hybridized carbons (Fsp3) is 0.280. The van der Waals surface area contributed by atoms with E-state index in [0.29, 0.717) is 6.42 Å². The summed E-state index contributed by atoms with van der Waals surface area (Å²) in [7, 11) is 0. The minimum absolute atomic E-state index is 0.0765. The molecule has 0 saturated carbocycles. The molecule has 1 amide bonds. The predicted molar refractivity (Wildman–Crippen MR) is 126 cm³/mol. The molecule has 1 aliphatic rings. The van der Waals surface area contributed by atoms with Gasteiger partial charge in [0.15, 0.2) is 5.69 Å². The summed E-state index contributed by atoms with van der Waals surface area (Å²) in [5.74, 6) is -2.06. The van der Waals surface area contributed by atoms with Crippen LogP contribution in [0, 0.1) is 0 Å². The molecule has 0 radical (unpaired) electrons. The molecule has 1 atom stereocenters. The number of benzene rings is 2. The van der Waals surface area contributed by atoms with Crippen LogP contribution < -0.4 is 0 Å². The summed E-state index contributed by atoms with van der Waals surface area (Å²) in [5.41, 5.74) is 2.08. The number of amides is 1. The standard InChI is InChI=1S/C25H25N5O5/c1-3-34-24(32)22-23(25(33)35-4-2)29(28-26-22)16-21(31)30-20(18-13-9-6-10-14-18)15-19(27-30)17-11-7-5-8-12-17/h5-14,20H,3-4,15-16H2,1-2H3. The van der Waals surface area contributed by atoms with Crippen LogP contribution in [-0.2, 0) is 20.8 Å². The molecule has 2 heterocycles. The number of aromatic nitrogens is 3. The van der Waals surface area contributed by atoms with Crippen molar-refractivity contribution in [3.05, 3.63) is 83.2 Å². The van der Waals surface area contributed by atoms with E-state index in [4.69, 9.17) is 9.47 Å². The molecule has 10 nitrogen and oxygen atoms in total. The van der Waals surface area contributed by atoms with Crippen LogP contribution in [0.5, 0.6) is 0 Å². The fourth-order valence-corrected chi connectivity index (χ4v) is 3.84. The van der Waals surface area contributed by atoms with E-state index in [-0.39, 0.29) is 37.2 Å². The van der Waals surface area contributed by atoms with Crippen LogP contribution in [-0.4, -0.2) is 56.8 Å². The van der Waals surface area contributed by atoms with Crippen molar-refractivity contribution >= 4 is 23.6 Å². The number of carbonyl (C=O) groups excluding carboxylic acids is 3. The van der Waals surface area contributed by atoms with E-state index >= 15 is 0 Å². The maximum absolute atomic E-state index is 13.5. The van der Waals surface area contributed by atoms with Crippen molar-refractivity contribution in [1.29, 1.82) is 0 Å². The Balaban J connectivity index is 1.67. The molecule has 1 unspecified atom stereocenters. The second-order valence-corrected chi connectivity index (χ2v) is 7.67. The van der Waals surface area contributed by atoms with Crippen LogP contribution >= 0.6 is 0 Å².